The Labute approximate surface area is 146 Å². The molecule has 3 rings (SSSR count). The molecule has 1 unspecified atom stereocenters. The van der Waals surface area contributed by atoms with Crippen molar-refractivity contribution in [1.29, 1.82) is 0 Å². The number of anilines is 1. The Morgan fingerprint density at radius 1 is 1.38 bits per heavy atom. The number of likely N-dealkylation sites (N-methyl/N-ethyl adjacent to an activating group) is 1. The van der Waals surface area contributed by atoms with Crippen LogP contribution in [0.15, 0.2) is 24.3 Å². The highest BCUT2D eigenvalue weighted by Crippen LogP contribution is 2.31. The molecule has 2 aliphatic heterocycles. The van der Waals surface area contributed by atoms with Crippen LogP contribution in [0.3, 0.4) is 0 Å². The number of halogens is 1. The summed E-state index contributed by atoms with van der Waals surface area (Å²) in [5.74, 6) is -0.252. The van der Waals surface area contributed by atoms with Crippen LogP contribution in [0.5, 0.6) is 0 Å². The van der Waals surface area contributed by atoms with Gasteiger partial charge in [0.2, 0.25) is 5.91 Å². The molecule has 24 heavy (non-hydrogen) atoms. The molecule has 3 atom stereocenters. The molecule has 0 saturated carbocycles. The maximum Gasteiger partial charge on any atom is 0.252 e. The maximum atomic E-state index is 12.8. The monoisotopic (exact) mass is 351 g/mol. The summed E-state index contributed by atoms with van der Waals surface area (Å²) in [6, 6.07) is 6.76. The highest BCUT2D eigenvalue weighted by molar-refractivity contribution is 6.34. The van der Waals surface area contributed by atoms with Crippen molar-refractivity contribution >= 4 is 29.1 Å². The summed E-state index contributed by atoms with van der Waals surface area (Å²) in [6.45, 7) is 0.956. The van der Waals surface area contributed by atoms with Crippen LogP contribution in [-0.2, 0) is 14.3 Å². The lowest BCUT2D eigenvalue weighted by Gasteiger charge is -2.26. The SMILES string of the molecule is CN(C(=O)[C@@H]1CC[C@H](CN)O1)C1CCN(c2ccccc2Cl)C1=O. The predicted octanol–water partition coefficient (Wildman–Crippen LogP) is 1.41. The number of para-hydroxylation sites is 1. The average molecular weight is 352 g/mol. The smallest absolute Gasteiger partial charge is 0.252 e. The molecule has 0 aromatic heterocycles. The number of amides is 2. The Balaban J connectivity index is 1.69. The molecule has 2 aliphatic rings. The zero-order chi connectivity index (χ0) is 17.3. The van der Waals surface area contributed by atoms with Crippen LogP contribution in [0.2, 0.25) is 5.02 Å². The molecule has 7 heteroatoms. The average Bonchev–Trinajstić information content (AvgIpc) is 3.21. The second-order valence-corrected chi connectivity index (χ2v) is 6.66. The van der Waals surface area contributed by atoms with Crippen molar-refractivity contribution in [2.75, 3.05) is 25.0 Å². The van der Waals surface area contributed by atoms with Gasteiger partial charge in [0, 0.05) is 20.1 Å². The van der Waals surface area contributed by atoms with Gasteiger partial charge in [-0.3, -0.25) is 9.59 Å². The molecule has 0 spiro atoms. The van der Waals surface area contributed by atoms with Crippen molar-refractivity contribution in [3.8, 4) is 0 Å². The summed E-state index contributed by atoms with van der Waals surface area (Å²) in [5.41, 5.74) is 6.28. The van der Waals surface area contributed by atoms with E-state index < -0.39 is 12.1 Å². The molecule has 2 amide bonds. The van der Waals surface area contributed by atoms with E-state index in [1.54, 1.807) is 18.0 Å². The van der Waals surface area contributed by atoms with Gasteiger partial charge in [-0.25, -0.2) is 0 Å². The zero-order valence-corrected chi connectivity index (χ0v) is 14.4. The van der Waals surface area contributed by atoms with Crippen molar-refractivity contribution in [2.45, 2.75) is 37.5 Å². The Morgan fingerprint density at radius 2 is 2.12 bits per heavy atom. The Morgan fingerprint density at radius 3 is 2.79 bits per heavy atom. The first kappa shape index (κ1) is 17.2. The van der Waals surface area contributed by atoms with Gasteiger partial charge >= 0.3 is 0 Å². The number of nitrogens with zero attached hydrogens (tertiary/aromatic N) is 2. The van der Waals surface area contributed by atoms with E-state index in [0.717, 1.165) is 6.42 Å². The van der Waals surface area contributed by atoms with E-state index in [1.807, 2.05) is 18.2 Å². The predicted molar refractivity (Wildman–Crippen MR) is 91.9 cm³/mol. The van der Waals surface area contributed by atoms with Crippen LogP contribution in [0.4, 0.5) is 5.69 Å². The van der Waals surface area contributed by atoms with Crippen molar-refractivity contribution < 1.29 is 14.3 Å². The number of ether oxygens (including phenoxy) is 1. The van der Waals surface area contributed by atoms with E-state index in [9.17, 15) is 9.59 Å². The fourth-order valence-electron chi connectivity index (χ4n) is 3.38. The number of carbonyl (C=O) groups is 2. The summed E-state index contributed by atoms with van der Waals surface area (Å²) in [5, 5.41) is 0.533. The Hall–Kier alpha value is -1.63. The quantitative estimate of drug-likeness (QED) is 0.890. The third-order valence-electron chi connectivity index (χ3n) is 4.78. The van der Waals surface area contributed by atoms with E-state index in [0.29, 0.717) is 36.6 Å². The molecule has 1 aromatic carbocycles. The number of hydrogen-bond acceptors (Lipinski definition) is 4. The number of carbonyl (C=O) groups excluding carboxylic acids is 2. The van der Waals surface area contributed by atoms with E-state index in [4.69, 9.17) is 22.1 Å². The van der Waals surface area contributed by atoms with Gasteiger partial charge in [-0.15, -0.1) is 0 Å². The first-order valence-electron chi connectivity index (χ1n) is 8.21. The van der Waals surface area contributed by atoms with Crippen LogP contribution in [-0.4, -0.2) is 55.1 Å². The Bertz CT molecular complexity index is 639. The lowest BCUT2D eigenvalue weighted by molar-refractivity contribution is -0.146. The molecule has 0 bridgehead atoms. The third kappa shape index (κ3) is 3.14. The topological polar surface area (TPSA) is 75.9 Å². The maximum absolute atomic E-state index is 12.8. The van der Waals surface area contributed by atoms with Gasteiger partial charge in [0.1, 0.15) is 12.1 Å². The normalized spacial score (nSPS) is 26.9. The summed E-state index contributed by atoms with van der Waals surface area (Å²) in [6.07, 6.45) is 1.46. The van der Waals surface area contributed by atoms with Crippen molar-refractivity contribution in [3.05, 3.63) is 29.3 Å². The summed E-state index contributed by atoms with van der Waals surface area (Å²) < 4.78 is 5.66. The minimum atomic E-state index is -0.495. The highest BCUT2D eigenvalue weighted by atomic mass is 35.5. The molecule has 130 valence electrons. The molecule has 2 saturated heterocycles. The van der Waals surface area contributed by atoms with Crippen LogP contribution in [0, 0.1) is 0 Å². The molecular weight excluding hydrogens is 330 g/mol. The lowest BCUT2D eigenvalue weighted by Crippen LogP contribution is -2.47. The zero-order valence-electron chi connectivity index (χ0n) is 13.7. The second kappa shape index (κ2) is 7.09. The first-order valence-corrected chi connectivity index (χ1v) is 8.59. The van der Waals surface area contributed by atoms with E-state index in [1.165, 1.54) is 4.90 Å². The molecule has 2 N–H and O–H groups in total. The number of hydrogen-bond donors (Lipinski definition) is 1. The van der Waals surface area contributed by atoms with Gasteiger partial charge in [0.15, 0.2) is 0 Å². The highest BCUT2D eigenvalue weighted by Gasteiger charge is 2.41. The summed E-state index contributed by atoms with van der Waals surface area (Å²) in [4.78, 5) is 28.5. The minimum absolute atomic E-state index is 0.0637. The van der Waals surface area contributed by atoms with Crippen LogP contribution < -0.4 is 10.6 Å². The number of benzene rings is 1. The van der Waals surface area contributed by atoms with Gasteiger partial charge in [-0.1, -0.05) is 23.7 Å². The van der Waals surface area contributed by atoms with Crippen LogP contribution in [0.25, 0.3) is 0 Å². The standard InChI is InChI=1S/C17H22ClN3O3/c1-20(17(23)15-7-6-11(10-19)24-15)14-8-9-21(16(14)22)13-5-3-2-4-12(13)18/h2-5,11,14-15H,6-10,19H2,1H3/t11-,14?,15+/m1/s1. The number of nitrogens with two attached hydrogens (primary N) is 1. The van der Waals surface area contributed by atoms with Crippen LogP contribution >= 0.6 is 11.6 Å². The molecule has 0 radical (unpaired) electrons. The molecule has 6 nitrogen and oxygen atoms in total. The van der Waals surface area contributed by atoms with Crippen molar-refractivity contribution in [3.63, 3.8) is 0 Å². The fourth-order valence-corrected chi connectivity index (χ4v) is 3.61. The van der Waals surface area contributed by atoms with Crippen molar-refractivity contribution in [1.82, 2.24) is 4.90 Å². The molecule has 2 fully saturated rings. The van der Waals surface area contributed by atoms with Gasteiger partial charge in [0.05, 0.1) is 16.8 Å². The third-order valence-corrected chi connectivity index (χ3v) is 5.10. The fraction of sp³-hybridized carbons (Fsp3) is 0.529. The summed E-state index contributed by atoms with van der Waals surface area (Å²) >= 11 is 6.19. The van der Waals surface area contributed by atoms with Gasteiger partial charge in [-0.05, 0) is 31.4 Å². The lowest BCUT2D eigenvalue weighted by atomic mass is 10.1. The largest absolute Gasteiger partial charge is 0.364 e. The molecular formula is C17H22ClN3O3. The first-order chi connectivity index (χ1) is 11.5. The Kier molecular flexibility index (Phi) is 5.08. The van der Waals surface area contributed by atoms with E-state index in [-0.39, 0.29) is 17.9 Å². The van der Waals surface area contributed by atoms with E-state index in [2.05, 4.69) is 0 Å². The molecule has 2 heterocycles. The molecule has 0 aliphatic carbocycles. The summed E-state index contributed by atoms with van der Waals surface area (Å²) in [7, 11) is 1.67. The van der Waals surface area contributed by atoms with Gasteiger partial charge in [-0.2, -0.15) is 0 Å². The van der Waals surface area contributed by atoms with Crippen LogP contribution in [0.1, 0.15) is 19.3 Å². The molecule has 1 aromatic rings. The second-order valence-electron chi connectivity index (χ2n) is 6.25. The number of rotatable bonds is 4. The van der Waals surface area contributed by atoms with Crippen molar-refractivity contribution in [2.24, 2.45) is 5.73 Å². The van der Waals surface area contributed by atoms with E-state index >= 15 is 0 Å². The van der Waals surface area contributed by atoms with Gasteiger partial charge in [0.25, 0.3) is 5.91 Å². The van der Waals surface area contributed by atoms with Gasteiger partial charge < -0.3 is 20.3 Å². The minimum Gasteiger partial charge on any atom is -0.364 e.